The largest absolute Gasteiger partial charge is 0.323 e. The Kier molecular flexibility index (Phi) is 2.66. The van der Waals surface area contributed by atoms with Gasteiger partial charge in [0, 0.05) is 17.2 Å². The Balaban J connectivity index is 3.06. The third-order valence-corrected chi connectivity index (χ3v) is 1.92. The van der Waals surface area contributed by atoms with Gasteiger partial charge in [0.2, 0.25) is 0 Å². The second-order valence-corrected chi connectivity index (χ2v) is 4.37. The van der Waals surface area contributed by atoms with Crippen LogP contribution in [0.5, 0.6) is 0 Å². The number of hydrogen-bond acceptors (Lipinski definition) is 3. The third kappa shape index (κ3) is 2.49. The van der Waals surface area contributed by atoms with Crippen LogP contribution in [-0.2, 0) is 5.41 Å². The van der Waals surface area contributed by atoms with E-state index in [-0.39, 0.29) is 11.5 Å². The summed E-state index contributed by atoms with van der Waals surface area (Å²) in [4.78, 5) is 8.34. The van der Waals surface area contributed by atoms with E-state index in [9.17, 15) is 0 Å². The smallest absolute Gasteiger partial charge is 0.116 e. The van der Waals surface area contributed by atoms with Crippen molar-refractivity contribution in [1.82, 2.24) is 9.97 Å². The highest BCUT2D eigenvalue weighted by molar-refractivity contribution is 5.17. The van der Waals surface area contributed by atoms with Crippen LogP contribution in [0.1, 0.15) is 45.1 Å². The zero-order valence-corrected chi connectivity index (χ0v) is 8.70. The summed E-state index contributed by atoms with van der Waals surface area (Å²) in [6.45, 7) is 8.30. The molecule has 72 valence electrons. The minimum absolute atomic E-state index is 0.0240. The summed E-state index contributed by atoms with van der Waals surface area (Å²) in [5, 5.41) is 0. The van der Waals surface area contributed by atoms with Crippen LogP contribution in [0.25, 0.3) is 0 Å². The molecule has 0 saturated carbocycles. The molecule has 1 aromatic rings. The van der Waals surface area contributed by atoms with Crippen LogP contribution in [-0.4, -0.2) is 9.97 Å². The molecule has 1 unspecified atom stereocenters. The van der Waals surface area contributed by atoms with E-state index in [0.717, 1.165) is 11.4 Å². The summed E-state index contributed by atoms with van der Waals surface area (Å²) in [7, 11) is 0. The van der Waals surface area contributed by atoms with E-state index in [1.165, 1.54) is 0 Å². The fourth-order valence-electron chi connectivity index (χ4n) is 1.03. The second kappa shape index (κ2) is 3.42. The lowest BCUT2D eigenvalue weighted by molar-refractivity contribution is 0.562. The maximum Gasteiger partial charge on any atom is 0.116 e. The first-order valence-electron chi connectivity index (χ1n) is 4.49. The highest BCUT2D eigenvalue weighted by atomic mass is 14.9. The predicted octanol–water partition coefficient (Wildman–Crippen LogP) is 1.79. The lowest BCUT2D eigenvalue weighted by atomic mass is 9.91. The first-order valence-corrected chi connectivity index (χ1v) is 4.49. The van der Waals surface area contributed by atoms with E-state index in [2.05, 4.69) is 30.7 Å². The molecule has 0 spiro atoms. The molecule has 0 aliphatic heterocycles. The maximum atomic E-state index is 5.74. The predicted molar refractivity (Wildman–Crippen MR) is 53.3 cm³/mol. The summed E-state index contributed by atoms with van der Waals surface area (Å²) in [5.74, 6) is 0. The van der Waals surface area contributed by atoms with Gasteiger partial charge in [-0.05, 0) is 13.0 Å². The van der Waals surface area contributed by atoms with Gasteiger partial charge in [0.25, 0.3) is 0 Å². The molecule has 0 bridgehead atoms. The van der Waals surface area contributed by atoms with Gasteiger partial charge in [-0.1, -0.05) is 20.8 Å². The van der Waals surface area contributed by atoms with E-state index in [1.54, 1.807) is 6.33 Å². The Morgan fingerprint density at radius 3 is 2.38 bits per heavy atom. The molecule has 0 aromatic carbocycles. The van der Waals surface area contributed by atoms with Crippen molar-refractivity contribution in [2.75, 3.05) is 0 Å². The summed E-state index contributed by atoms with van der Waals surface area (Å²) in [6.07, 6.45) is 1.58. The van der Waals surface area contributed by atoms with Gasteiger partial charge >= 0.3 is 0 Å². The van der Waals surface area contributed by atoms with Gasteiger partial charge in [-0.3, -0.25) is 0 Å². The molecular weight excluding hydrogens is 162 g/mol. The molecule has 1 rings (SSSR count). The van der Waals surface area contributed by atoms with Crippen molar-refractivity contribution in [3.63, 3.8) is 0 Å². The number of rotatable bonds is 1. The van der Waals surface area contributed by atoms with E-state index < -0.39 is 0 Å². The molecule has 3 heteroatoms. The molecule has 2 N–H and O–H groups in total. The van der Waals surface area contributed by atoms with Gasteiger partial charge in [0.1, 0.15) is 6.33 Å². The fraction of sp³-hybridized carbons (Fsp3) is 0.600. The zero-order valence-electron chi connectivity index (χ0n) is 8.70. The molecule has 0 radical (unpaired) electrons. The second-order valence-electron chi connectivity index (χ2n) is 4.37. The van der Waals surface area contributed by atoms with Crippen LogP contribution in [0, 0.1) is 0 Å². The Morgan fingerprint density at radius 2 is 1.92 bits per heavy atom. The highest BCUT2D eigenvalue weighted by Gasteiger charge is 2.16. The van der Waals surface area contributed by atoms with E-state index in [4.69, 9.17) is 5.73 Å². The number of hydrogen-bond donors (Lipinski definition) is 1. The molecule has 0 saturated heterocycles. The van der Waals surface area contributed by atoms with Gasteiger partial charge in [-0.15, -0.1) is 0 Å². The Morgan fingerprint density at radius 1 is 1.31 bits per heavy atom. The maximum absolute atomic E-state index is 5.74. The minimum Gasteiger partial charge on any atom is -0.323 e. The summed E-state index contributed by atoms with van der Waals surface area (Å²) < 4.78 is 0. The topological polar surface area (TPSA) is 51.8 Å². The minimum atomic E-state index is -0.0240. The monoisotopic (exact) mass is 179 g/mol. The van der Waals surface area contributed by atoms with Gasteiger partial charge in [0.15, 0.2) is 0 Å². The van der Waals surface area contributed by atoms with E-state index in [0.29, 0.717) is 0 Å². The quantitative estimate of drug-likeness (QED) is 0.715. The van der Waals surface area contributed by atoms with Crippen LogP contribution in [0.3, 0.4) is 0 Å². The Bertz CT molecular complexity index is 286. The van der Waals surface area contributed by atoms with Crippen LogP contribution >= 0.6 is 0 Å². The van der Waals surface area contributed by atoms with E-state index in [1.807, 2.05) is 13.0 Å². The Labute approximate surface area is 79.4 Å². The molecule has 0 aliphatic carbocycles. The highest BCUT2D eigenvalue weighted by Crippen LogP contribution is 2.20. The molecule has 0 fully saturated rings. The van der Waals surface area contributed by atoms with Crippen LogP contribution in [0.4, 0.5) is 0 Å². The number of aromatic nitrogens is 2. The van der Waals surface area contributed by atoms with Crippen molar-refractivity contribution in [2.45, 2.75) is 39.2 Å². The first-order chi connectivity index (χ1) is 5.91. The lowest BCUT2D eigenvalue weighted by Gasteiger charge is -2.18. The molecule has 1 atom stereocenters. The van der Waals surface area contributed by atoms with Gasteiger partial charge in [0.05, 0.1) is 5.69 Å². The Hall–Kier alpha value is -0.960. The van der Waals surface area contributed by atoms with Crippen molar-refractivity contribution in [3.8, 4) is 0 Å². The molecule has 1 heterocycles. The molecular formula is C10H17N3. The fourth-order valence-corrected chi connectivity index (χ4v) is 1.03. The van der Waals surface area contributed by atoms with Crippen LogP contribution in [0.15, 0.2) is 12.4 Å². The molecule has 1 aromatic heterocycles. The third-order valence-electron chi connectivity index (χ3n) is 1.92. The van der Waals surface area contributed by atoms with Crippen LogP contribution in [0.2, 0.25) is 0 Å². The van der Waals surface area contributed by atoms with Gasteiger partial charge in [-0.25, -0.2) is 9.97 Å². The molecule has 0 amide bonds. The van der Waals surface area contributed by atoms with Crippen molar-refractivity contribution in [2.24, 2.45) is 5.73 Å². The lowest BCUT2D eigenvalue weighted by Crippen LogP contribution is -2.16. The SMILES string of the molecule is CC(N)c1cc(C(C)(C)C)ncn1. The average Bonchev–Trinajstić information content (AvgIpc) is 2.03. The summed E-state index contributed by atoms with van der Waals surface area (Å²) >= 11 is 0. The number of nitrogens with zero attached hydrogens (tertiary/aromatic N) is 2. The normalized spacial score (nSPS) is 14.2. The van der Waals surface area contributed by atoms with Crippen molar-refractivity contribution in [1.29, 1.82) is 0 Å². The summed E-state index contributed by atoms with van der Waals surface area (Å²) in [6, 6.07) is 1.95. The van der Waals surface area contributed by atoms with Gasteiger partial charge in [-0.2, -0.15) is 0 Å². The first kappa shape index (κ1) is 10.1. The standard InChI is InChI=1S/C10H17N3/c1-7(11)8-5-9(10(2,3)4)13-6-12-8/h5-7H,11H2,1-4H3. The summed E-state index contributed by atoms with van der Waals surface area (Å²) in [5.41, 5.74) is 7.74. The zero-order chi connectivity index (χ0) is 10.1. The molecule has 13 heavy (non-hydrogen) atoms. The average molecular weight is 179 g/mol. The van der Waals surface area contributed by atoms with Crippen molar-refractivity contribution in [3.05, 3.63) is 23.8 Å². The molecule has 0 aliphatic rings. The van der Waals surface area contributed by atoms with Gasteiger partial charge < -0.3 is 5.73 Å². The number of nitrogens with two attached hydrogens (primary N) is 1. The van der Waals surface area contributed by atoms with E-state index >= 15 is 0 Å². The molecule has 3 nitrogen and oxygen atoms in total. The van der Waals surface area contributed by atoms with Crippen LogP contribution < -0.4 is 5.73 Å². The van der Waals surface area contributed by atoms with Crippen molar-refractivity contribution < 1.29 is 0 Å². The van der Waals surface area contributed by atoms with Crippen molar-refractivity contribution >= 4 is 0 Å².